The number of nitrogens with zero attached hydrogens (tertiary/aromatic N) is 1. The fraction of sp³-hybridized carbons (Fsp3) is 0.357. The van der Waals surface area contributed by atoms with E-state index in [0.29, 0.717) is 11.3 Å². The Kier molecular flexibility index (Phi) is 10.4. The van der Waals surface area contributed by atoms with Gasteiger partial charge < -0.3 is 31.1 Å². The highest BCUT2D eigenvalue weighted by atomic mass is 16.6. The standard InChI is InChI=1S/C28H36N4O6/c1-6-17-32(26(36)22(15-16-23(29)34)31-27(37)38-28(3,4)5)24(19-11-13-20(33)14-12-19)25(35)30-21-10-8-7-9-18(21)2/h6-14,22,24,33H,1,15-17H2,2-5H3,(H2,29,34)(H,30,35)(H,31,37). The number of alkyl carbamates (subject to hydrolysis) is 1. The molecule has 0 spiro atoms. The molecule has 10 nitrogen and oxygen atoms in total. The number of amides is 4. The Morgan fingerprint density at radius 2 is 1.74 bits per heavy atom. The molecule has 0 aliphatic rings. The van der Waals surface area contributed by atoms with Crippen molar-refractivity contribution < 1.29 is 29.0 Å². The van der Waals surface area contributed by atoms with E-state index in [-0.39, 0.29) is 25.1 Å². The Hall–Kier alpha value is -4.34. The Morgan fingerprint density at radius 3 is 2.29 bits per heavy atom. The van der Waals surface area contributed by atoms with Crippen LogP contribution in [0.15, 0.2) is 61.2 Å². The maximum Gasteiger partial charge on any atom is 0.408 e. The summed E-state index contributed by atoms with van der Waals surface area (Å²) in [5.41, 5.74) is 6.27. The van der Waals surface area contributed by atoms with Gasteiger partial charge in [-0.05, 0) is 63.4 Å². The lowest BCUT2D eigenvalue weighted by Crippen LogP contribution is -2.52. The highest BCUT2D eigenvalue weighted by Crippen LogP contribution is 2.27. The van der Waals surface area contributed by atoms with Crippen molar-refractivity contribution in [3.63, 3.8) is 0 Å². The number of benzene rings is 2. The number of nitrogens with two attached hydrogens (primary N) is 1. The molecule has 38 heavy (non-hydrogen) atoms. The van der Waals surface area contributed by atoms with E-state index in [1.54, 1.807) is 32.9 Å². The van der Waals surface area contributed by atoms with E-state index in [4.69, 9.17) is 10.5 Å². The summed E-state index contributed by atoms with van der Waals surface area (Å²) in [5.74, 6) is -1.84. The highest BCUT2D eigenvalue weighted by Gasteiger charge is 2.36. The minimum absolute atomic E-state index is 0.0145. The quantitative estimate of drug-likeness (QED) is 0.330. The van der Waals surface area contributed by atoms with E-state index in [9.17, 15) is 24.3 Å². The molecule has 0 aromatic heterocycles. The second kappa shape index (κ2) is 13.3. The van der Waals surface area contributed by atoms with Gasteiger partial charge in [-0.2, -0.15) is 0 Å². The number of hydrogen-bond donors (Lipinski definition) is 4. The zero-order chi connectivity index (χ0) is 28.5. The number of carbonyl (C=O) groups is 4. The molecule has 2 atom stereocenters. The molecule has 0 aliphatic carbocycles. The maximum absolute atomic E-state index is 13.9. The van der Waals surface area contributed by atoms with Crippen LogP contribution in [-0.4, -0.2) is 52.0 Å². The second-order valence-electron chi connectivity index (χ2n) is 9.78. The molecule has 0 heterocycles. The lowest BCUT2D eigenvalue weighted by atomic mass is 10.0. The number of carbonyl (C=O) groups excluding carboxylic acids is 4. The molecule has 10 heteroatoms. The summed E-state index contributed by atoms with van der Waals surface area (Å²) in [5, 5.41) is 15.2. The first-order valence-corrected chi connectivity index (χ1v) is 12.2. The number of phenols is 1. The van der Waals surface area contributed by atoms with Crippen molar-refractivity contribution in [3.05, 3.63) is 72.3 Å². The van der Waals surface area contributed by atoms with Crippen molar-refractivity contribution in [1.82, 2.24) is 10.2 Å². The summed E-state index contributed by atoms with van der Waals surface area (Å²) in [6.07, 6.45) is 0.297. The summed E-state index contributed by atoms with van der Waals surface area (Å²) >= 11 is 0. The average molecular weight is 525 g/mol. The van der Waals surface area contributed by atoms with E-state index in [2.05, 4.69) is 17.2 Å². The van der Waals surface area contributed by atoms with Crippen molar-refractivity contribution in [2.45, 2.75) is 58.2 Å². The first-order valence-electron chi connectivity index (χ1n) is 12.2. The summed E-state index contributed by atoms with van der Waals surface area (Å²) in [6.45, 7) is 10.5. The predicted octanol–water partition coefficient (Wildman–Crippen LogP) is 3.55. The van der Waals surface area contributed by atoms with E-state index in [1.165, 1.54) is 35.2 Å². The van der Waals surface area contributed by atoms with E-state index >= 15 is 0 Å². The Labute approximate surface area is 222 Å². The van der Waals surface area contributed by atoms with Gasteiger partial charge in [-0.25, -0.2) is 4.79 Å². The van der Waals surface area contributed by atoms with Gasteiger partial charge in [-0.1, -0.05) is 36.4 Å². The third kappa shape index (κ3) is 8.95. The molecular weight excluding hydrogens is 488 g/mol. The molecule has 0 saturated heterocycles. The first kappa shape index (κ1) is 29.9. The minimum Gasteiger partial charge on any atom is -0.508 e. The lowest BCUT2D eigenvalue weighted by molar-refractivity contribution is -0.140. The number of hydrogen-bond acceptors (Lipinski definition) is 6. The van der Waals surface area contributed by atoms with Crippen LogP contribution in [0.4, 0.5) is 10.5 Å². The molecule has 2 rings (SSSR count). The molecule has 4 amide bonds. The summed E-state index contributed by atoms with van der Waals surface area (Å²) in [4.78, 5) is 52.9. The molecule has 204 valence electrons. The zero-order valence-corrected chi connectivity index (χ0v) is 22.2. The number of nitrogens with one attached hydrogen (secondary N) is 2. The van der Waals surface area contributed by atoms with Crippen LogP contribution in [0.25, 0.3) is 0 Å². The molecule has 2 unspecified atom stereocenters. The summed E-state index contributed by atoms with van der Waals surface area (Å²) < 4.78 is 5.30. The van der Waals surface area contributed by atoms with Gasteiger partial charge >= 0.3 is 6.09 Å². The van der Waals surface area contributed by atoms with Gasteiger partial charge in [-0.15, -0.1) is 6.58 Å². The van der Waals surface area contributed by atoms with Gasteiger partial charge in [0.15, 0.2) is 0 Å². The van der Waals surface area contributed by atoms with Crippen LogP contribution in [0.3, 0.4) is 0 Å². The molecular formula is C28H36N4O6. The zero-order valence-electron chi connectivity index (χ0n) is 22.2. The molecule has 5 N–H and O–H groups in total. The number of primary amides is 1. The topological polar surface area (TPSA) is 151 Å². The van der Waals surface area contributed by atoms with Gasteiger partial charge in [0.25, 0.3) is 5.91 Å². The van der Waals surface area contributed by atoms with Crippen LogP contribution < -0.4 is 16.4 Å². The van der Waals surface area contributed by atoms with Crippen molar-refractivity contribution in [2.75, 3.05) is 11.9 Å². The predicted molar refractivity (Wildman–Crippen MR) is 144 cm³/mol. The molecule has 0 radical (unpaired) electrons. The highest BCUT2D eigenvalue weighted by molar-refractivity contribution is 5.99. The third-order valence-electron chi connectivity index (χ3n) is 5.45. The number of aromatic hydroxyl groups is 1. The van der Waals surface area contributed by atoms with E-state index in [0.717, 1.165) is 5.56 Å². The van der Waals surface area contributed by atoms with E-state index in [1.807, 2.05) is 19.1 Å². The summed E-state index contributed by atoms with van der Waals surface area (Å²) in [6, 6.07) is 10.7. The van der Waals surface area contributed by atoms with Crippen molar-refractivity contribution in [3.8, 4) is 5.75 Å². The molecule has 2 aromatic rings. The second-order valence-corrected chi connectivity index (χ2v) is 9.78. The number of aryl methyl sites for hydroxylation is 1. The Balaban J connectivity index is 2.50. The Bertz CT molecular complexity index is 1160. The van der Waals surface area contributed by atoms with Crippen LogP contribution in [0, 0.1) is 6.92 Å². The van der Waals surface area contributed by atoms with Gasteiger partial charge in [0.05, 0.1) is 0 Å². The fourth-order valence-corrected chi connectivity index (χ4v) is 3.70. The first-order chi connectivity index (χ1) is 17.8. The number of para-hydroxylation sites is 1. The van der Waals surface area contributed by atoms with Crippen molar-refractivity contribution in [1.29, 1.82) is 0 Å². The summed E-state index contributed by atoms with van der Waals surface area (Å²) in [7, 11) is 0. The monoisotopic (exact) mass is 524 g/mol. The largest absolute Gasteiger partial charge is 0.508 e. The van der Waals surface area contributed by atoms with Crippen LogP contribution in [0.5, 0.6) is 5.75 Å². The number of phenolic OH excluding ortho intramolecular Hbond substituents is 1. The molecule has 0 aliphatic heterocycles. The lowest BCUT2D eigenvalue weighted by Gasteiger charge is -2.34. The maximum atomic E-state index is 13.9. The smallest absolute Gasteiger partial charge is 0.408 e. The number of rotatable bonds is 11. The average Bonchev–Trinajstić information content (AvgIpc) is 2.82. The SMILES string of the molecule is C=CCN(C(=O)C(CCC(N)=O)NC(=O)OC(C)(C)C)C(C(=O)Nc1ccccc1C)c1ccc(O)cc1. The number of anilines is 1. The normalized spacial score (nSPS) is 12.5. The molecule has 0 saturated carbocycles. The van der Waals surface area contributed by atoms with Gasteiger partial charge in [-0.3, -0.25) is 14.4 Å². The van der Waals surface area contributed by atoms with Gasteiger partial charge in [0.1, 0.15) is 23.4 Å². The van der Waals surface area contributed by atoms with Crippen LogP contribution in [0.1, 0.15) is 50.8 Å². The third-order valence-corrected chi connectivity index (χ3v) is 5.45. The van der Waals surface area contributed by atoms with E-state index < -0.39 is 41.5 Å². The number of ether oxygens (including phenoxy) is 1. The molecule has 2 aromatic carbocycles. The van der Waals surface area contributed by atoms with Crippen molar-refractivity contribution >= 4 is 29.5 Å². The molecule has 0 bridgehead atoms. The fourth-order valence-electron chi connectivity index (χ4n) is 3.70. The molecule has 0 fully saturated rings. The van der Waals surface area contributed by atoms with Gasteiger partial charge in [0, 0.05) is 18.7 Å². The Morgan fingerprint density at radius 1 is 1.11 bits per heavy atom. The van der Waals surface area contributed by atoms with Crippen LogP contribution in [-0.2, 0) is 19.1 Å². The van der Waals surface area contributed by atoms with Crippen molar-refractivity contribution in [2.24, 2.45) is 5.73 Å². The van der Waals surface area contributed by atoms with Gasteiger partial charge in [0.2, 0.25) is 11.8 Å². The van der Waals surface area contributed by atoms with Crippen LogP contribution >= 0.6 is 0 Å². The minimum atomic E-state index is -1.22. The van der Waals surface area contributed by atoms with Crippen LogP contribution in [0.2, 0.25) is 0 Å².